The Hall–Kier alpha value is -1.23. The number of aromatic nitrogens is 1. The number of nitrogens with zero attached hydrogens (tertiary/aromatic N) is 1. The summed E-state index contributed by atoms with van der Waals surface area (Å²) >= 11 is 1.75. The van der Waals surface area contributed by atoms with Crippen molar-refractivity contribution in [3.8, 4) is 0 Å². The zero-order valence-electron chi connectivity index (χ0n) is 11.6. The van der Waals surface area contributed by atoms with Crippen molar-refractivity contribution in [3.63, 3.8) is 0 Å². The molecule has 1 aromatic carbocycles. The molecule has 0 amide bonds. The normalized spacial score (nSPS) is 12.6. The van der Waals surface area contributed by atoms with E-state index in [4.69, 9.17) is 5.11 Å². The molecule has 2 aromatic rings. The molecule has 3 nitrogen and oxygen atoms in total. The van der Waals surface area contributed by atoms with Crippen LogP contribution in [0.3, 0.4) is 0 Å². The van der Waals surface area contributed by atoms with Crippen LogP contribution in [0.4, 0.5) is 0 Å². The highest BCUT2D eigenvalue weighted by Crippen LogP contribution is 2.19. The third kappa shape index (κ3) is 3.62. The van der Waals surface area contributed by atoms with Crippen molar-refractivity contribution in [3.05, 3.63) is 51.0 Å². The van der Waals surface area contributed by atoms with Crippen LogP contribution in [0.1, 0.15) is 39.7 Å². The van der Waals surface area contributed by atoms with Gasteiger partial charge in [0.15, 0.2) is 0 Å². The molecule has 0 aliphatic rings. The number of hydrogen-bond donors (Lipinski definition) is 2. The van der Waals surface area contributed by atoms with Crippen LogP contribution in [0.25, 0.3) is 0 Å². The van der Waals surface area contributed by atoms with Crippen LogP contribution < -0.4 is 5.32 Å². The van der Waals surface area contributed by atoms with E-state index >= 15 is 0 Å². The third-order valence-electron chi connectivity index (χ3n) is 3.27. The average molecular weight is 276 g/mol. The number of aliphatic hydroxyl groups excluding tert-OH is 1. The number of rotatable bonds is 5. The van der Waals surface area contributed by atoms with E-state index in [0.717, 1.165) is 22.8 Å². The Morgan fingerprint density at radius 3 is 2.79 bits per heavy atom. The fourth-order valence-corrected chi connectivity index (χ4v) is 2.82. The van der Waals surface area contributed by atoms with E-state index in [1.54, 1.807) is 11.3 Å². The first-order chi connectivity index (χ1) is 9.10. The van der Waals surface area contributed by atoms with Gasteiger partial charge in [-0.15, -0.1) is 11.3 Å². The monoisotopic (exact) mass is 276 g/mol. The number of nitrogens with one attached hydrogen (secondary N) is 1. The van der Waals surface area contributed by atoms with Gasteiger partial charge in [-0.3, -0.25) is 0 Å². The summed E-state index contributed by atoms with van der Waals surface area (Å²) in [5.74, 6) is 0. The molecule has 1 atom stereocenters. The van der Waals surface area contributed by atoms with Crippen molar-refractivity contribution in [1.29, 1.82) is 0 Å². The Bertz CT molecular complexity index is 531. The van der Waals surface area contributed by atoms with Gasteiger partial charge in [0, 0.05) is 17.5 Å². The smallest absolute Gasteiger partial charge is 0.107 e. The molecule has 0 bridgehead atoms. The highest BCUT2D eigenvalue weighted by molar-refractivity contribution is 7.11. The van der Waals surface area contributed by atoms with Gasteiger partial charge in [-0.05, 0) is 31.9 Å². The molecular weight excluding hydrogens is 256 g/mol. The lowest BCUT2D eigenvalue weighted by Gasteiger charge is -2.14. The zero-order chi connectivity index (χ0) is 13.8. The fraction of sp³-hybridized carbons (Fsp3) is 0.400. The lowest BCUT2D eigenvalue weighted by molar-refractivity contribution is 0.281. The Balaban J connectivity index is 1.98. The molecule has 0 spiro atoms. The molecular formula is C15H20N2OS. The molecule has 0 aliphatic heterocycles. The zero-order valence-corrected chi connectivity index (χ0v) is 12.4. The minimum absolute atomic E-state index is 0.0887. The Labute approximate surface area is 118 Å². The van der Waals surface area contributed by atoms with Crippen molar-refractivity contribution in [2.45, 2.75) is 40.0 Å². The van der Waals surface area contributed by atoms with E-state index in [-0.39, 0.29) is 12.6 Å². The van der Waals surface area contributed by atoms with Gasteiger partial charge >= 0.3 is 0 Å². The van der Waals surface area contributed by atoms with Gasteiger partial charge in [-0.25, -0.2) is 4.98 Å². The minimum Gasteiger partial charge on any atom is -0.392 e. The van der Waals surface area contributed by atoms with E-state index < -0.39 is 0 Å². The molecule has 1 heterocycles. The van der Waals surface area contributed by atoms with Crippen molar-refractivity contribution in [2.75, 3.05) is 0 Å². The summed E-state index contributed by atoms with van der Waals surface area (Å²) in [5, 5.41) is 13.8. The topological polar surface area (TPSA) is 45.2 Å². The fourth-order valence-electron chi connectivity index (χ4n) is 1.93. The van der Waals surface area contributed by atoms with Gasteiger partial charge in [-0.2, -0.15) is 0 Å². The molecule has 102 valence electrons. The van der Waals surface area contributed by atoms with E-state index in [2.05, 4.69) is 30.2 Å². The van der Waals surface area contributed by atoms with Crippen LogP contribution in [0.15, 0.2) is 24.3 Å². The summed E-state index contributed by atoms with van der Waals surface area (Å²) in [6.07, 6.45) is 0. The summed E-state index contributed by atoms with van der Waals surface area (Å²) in [6.45, 7) is 7.15. The quantitative estimate of drug-likeness (QED) is 0.882. The largest absolute Gasteiger partial charge is 0.392 e. The molecule has 0 radical (unpaired) electrons. The van der Waals surface area contributed by atoms with Gasteiger partial charge in [0.1, 0.15) is 5.01 Å². The second-order valence-corrected chi connectivity index (χ2v) is 6.04. The van der Waals surface area contributed by atoms with E-state index in [0.29, 0.717) is 0 Å². The first-order valence-electron chi connectivity index (χ1n) is 6.46. The van der Waals surface area contributed by atoms with Gasteiger partial charge < -0.3 is 10.4 Å². The lowest BCUT2D eigenvalue weighted by Crippen LogP contribution is -2.18. The van der Waals surface area contributed by atoms with Crippen molar-refractivity contribution < 1.29 is 5.11 Å². The minimum atomic E-state index is 0.0887. The van der Waals surface area contributed by atoms with Crippen molar-refractivity contribution in [1.82, 2.24) is 10.3 Å². The molecule has 4 heteroatoms. The molecule has 19 heavy (non-hydrogen) atoms. The highest BCUT2D eigenvalue weighted by atomic mass is 32.1. The number of thiazole rings is 1. The standard InChI is InChI=1S/C15H20N2OS/c1-10-12(3)19-15(17-10)8-16-11(2)14-6-4-5-13(7-14)9-18/h4-7,11,16,18H,8-9H2,1-3H3. The van der Waals surface area contributed by atoms with Crippen LogP contribution in [-0.4, -0.2) is 10.1 Å². The van der Waals surface area contributed by atoms with Crippen LogP contribution in [0, 0.1) is 13.8 Å². The Kier molecular flexibility index (Phi) is 4.69. The summed E-state index contributed by atoms with van der Waals surface area (Å²) in [4.78, 5) is 5.81. The van der Waals surface area contributed by atoms with E-state index in [9.17, 15) is 0 Å². The molecule has 1 unspecified atom stereocenters. The van der Waals surface area contributed by atoms with Gasteiger partial charge in [0.05, 0.1) is 12.3 Å². The Morgan fingerprint density at radius 2 is 2.16 bits per heavy atom. The van der Waals surface area contributed by atoms with E-state index in [1.807, 2.05) is 25.1 Å². The number of aliphatic hydroxyl groups is 1. The number of aryl methyl sites for hydroxylation is 2. The van der Waals surface area contributed by atoms with Crippen LogP contribution in [0.5, 0.6) is 0 Å². The molecule has 2 N–H and O–H groups in total. The summed E-state index contributed by atoms with van der Waals surface area (Å²) in [6, 6.07) is 8.28. The number of benzene rings is 1. The van der Waals surface area contributed by atoms with E-state index in [1.165, 1.54) is 10.4 Å². The second kappa shape index (κ2) is 6.28. The third-order valence-corrected chi connectivity index (χ3v) is 4.34. The van der Waals surface area contributed by atoms with Crippen molar-refractivity contribution in [2.24, 2.45) is 0 Å². The maximum Gasteiger partial charge on any atom is 0.107 e. The van der Waals surface area contributed by atoms with Crippen LogP contribution in [0.2, 0.25) is 0 Å². The van der Waals surface area contributed by atoms with Crippen LogP contribution in [-0.2, 0) is 13.2 Å². The van der Waals surface area contributed by atoms with Gasteiger partial charge in [0.2, 0.25) is 0 Å². The van der Waals surface area contributed by atoms with Gasteiger partial charge in [0.25, 0.3) is 0 Å². The van der Waals surface area contributed by atoms with Crippen molar-refractivity contribution >= 4 is 11.3 Å². The van der Waals surface area contributed by atoms with Gasteiger partial charge in [-0.1, -0.05) is 24.3 Å². The summed E-state index contributed by atoms with van der Waals surface area (Å²) < 4.78 is 0. The average Bonchev–Trinajstić information content (AvgIpc) is 2.75. The molecule has 0 aliphatic carbocycles. The number of hydrogen-bond acceptors (Lipinski definition) is 4. The molecule has 1 aromatic heterocycles. The molecule has 0 fully saturated rings. The Morgan fingerprint density at radius 1 is 1.37 bits per heavy atom. The molecule has 0 saturated heterocycles. The predicted molar refractivity (Wildman–Crippen MR) is 79.2 cm³/mol. The summed E-state index contributed by atoms with van der Waals surface area (Å²) in [5.41, 5.74) is 3.26. The lowest BCUT2D eigenvalue weighted by atomic mass is 10.1. The predicted octanol–water partition coefficient (Wildman–Crippen LogP) is 3.10. The van der Waals surface area contributed by atoms with Crippen LogP contribution >= 0.6 is 11.3 Å². The first-order valence-corrected chi connectivity index (χ1v) is 7.27. The first kappa shape index (κ1) is 14.2. The highest BCUT2D eigenvalue weighted by Gasteiger charge is 2.08. The summed E-state index contributed by atoms with van der Waals surface area (Å²) in [7, 11) is 0. The SMILES string of the molecule is Cc1nc(CNC(C)c2cccc(CO)c2)sc1C. The molecule has 0 saturated carbocycles. The molecule has 2 rings (SSSR count). The maximum atomic E-state index is 9.16. The second-order valence-electron chi connectivity index (χ2n) is 4.75. The maximum absolute atomic E-state index is 9.16.